The van der Waals surface area contributed by atoms with Crippen molar-refractivity contribution in [3.05, 3.63) is 42.0 Å². The summed E-state index contributed by atoms with van der Waals surface area (Å²) < 4.78 is 7.45. The summed E-state index contributed by atoms with van der Waals surface area (Å²) in [6.45, 7) is 8.95. The predicted octanol–water partition coefficient (Wildman–Crippen LogP) is 3.92. The van der Waals surface area contributed by atoms with Gasteiger partial charge in [0.05, 0.1) is 23.1 Å². The lowest BCUT2D eigenvalue weighted by Crippen LogP contribution is -2.46. The highest BCUT2D eigenvalue weighted by atomic mass is 16.6. The second kappa shape index (κ2) is 6.65. The minimum atomic E-state index is -0.617. The van der Waals surface area contributed by atoms with Gasteiger partial charge < -0.3 is 9.64 Å². The van der Waals surface area contributed by atoms with E-state index in [1.54, 1.807) is 11.2 Å². The number of nitrogens with zero attached hydrogens (tertiary/aromatic N) is 4. The van der Waals surface area contributed by atoms with Crippen molar-refractivity contribution in [1.29, 1.82) is 0 Å². The molecule has 0 bridgehead atoms. The molecular weight excluding hydrogens is 356 g/mol. The molecular formula is C21H26N4O3. The molecule has 4 rings (SSSR count). The normalized spacial score (nSPS) is 18.6. The Kier molecular flexibility index (Phi) is 4.40. The SMILES string of the molecule is C[C@H]1c2c(C(=O)OC(C)(C)C)ncn2-c2ccccc2N1C(=O)N1CCCC1. The average Bonchev–Trinajstić information content (AvgIpc) is 3.30. The highest BCUT2D eigenvalue weighted by Crippen LogP contribution is 2.40. The third kappa shape index (κ3) is 3.04. The van der Waals surface area contributed by atoms with Crippen molar-refractivity contribution in [1.82, 2.24) is 14.5 Å². The third-order valence-corrected chi connectivity index (χ3v) is 5.16. The molecule has 7 heteroatoms. The molecule has 1 saturated heterocycles. The van der Waals surface area contributed by atoms with Crippen molar-refractivity contribution >= 4 is 17.7 Å². The second-order valence-corrected chi connectivity index (χ2v) is 8.36. The molecule has 1 aromatic heterocycles. The van der Waals surface area contributed by atoms with Crippen LogP contribution in [-0.2, 0) is 4.74 Å². The molecule has 1 atom stereocenters. The van der Waals surface area contributed by atoms with Crippen LogP contribution in [0.25, 0.3) is 5.69 Å². The monoisotopic (exact) mass is 382 g/mol. The number of urea groups is 1. The number of anilines is 1. The molecule has 0 aliphatic carbocycles. The maximum absolute atomic E-state index is 13.3. The summed E-state index contributed by atoms with van der Waals surface area (Å²) in [6, 6.07) is 7.36. The summed E-state index contributed by atoms with van der Waals surface area (Å²) in [5.74, 6) is -0.471. The van der Waals surface area contributed by atoms with Gasteiger partial charge in [-0.3, -0.25) is 9.47 Å². The quantitative estimate of drug-likeness (QED) is 0.701. The van der Waals surface area contributed by atoms with Gasteiger partial charge in [0.2, 0.25) is 0 Å². The van der Waals surface area contributed by atoms with E-state index >= 15 is 0 Å². The maximum Gasteiger partial charge on any atom is 0.359 e. The van der Waals surface area contributed by atoms with Gasteiger partial charge in [-0.15, -0.1) is 0 Å². The van der Waals surface area contributed by atoms with Gasteiger partial charge in [-0.1, -0.05) is 12.1 Å². The molecule has 0 unspecified atom stereocenters. The van der Waals surface area contributed by atoms with Crippen LogP contribution in [0.4, 0.5) is 10.5 Å². The number of ether oxygens (including phenoxy) is 1. The Labute approximate surface area is 164 Å². The van der Waals surface area contributed by atoms with Crippen molar-refractivity contribution in [2.45, 2.75) is 52.2 Å². The number of hydrogen-bond acceptors (Lipinski definition) is 4. The number of likely N-dealkylation sites (tertiary alicyclic amines) is 1. The summed E-state index contributed by atoms with van der Waals surface area (Å²) >= 11 is 0. The van der Waals surface area contributed by atoms with E-state index in [1.165, 1.54) is 0 Å². The molecule has 2 aromatic rings. The zero-order chi connectivity index (χ0) is 20.1. The number of fused-ring (bicyclic) bond motifs is 3. The smallest absolute Gasteiger partial charge is 0.359 e. The molecule has 2 aliphatic heterocycles. The number of hydrogen-bond donors (Lipinski definition) is 0. The fourth-order valence-corrected chi connectivity index (χ4v) is 3.96. The van der Waals surface area contributed by atoms with Gasteiger partial charge in [-0.2, -0.15) is 0 Å². The largest absolute Gasteiger partial charge is 0.455 e. The van der Waals surface area contributed by atoms with Crippen LogP contribution >= 0.6 is 0 Å². The lowest BCUT2D eigenvalue weighted by molar-refractivity contribution is 0.00613. The van der Waals surface area contributed by atoms with Gasteiger partial charge in [-0.05, 0) is 52.7 Å². The Morgan fingerprint density at radius 3 is 2.39 bits per heavy atom. The van der Waals surface area contributed by atoms with Gasteiger partial charge in [0.1, 0.15) is 11.9 Å². The van der Waals surface area contributed by atoms with E-state index in [9.17, 15) is 9.59 Å². The number of amides is 2. The lowest BCUT2D eigenvalue weighted by Gasteiger charge is -2.38. The Morgan fingerprint density at radius 2 is 1.75 bits per heavy atom. The van der Waals surface area contributed by atoms with E-state index < -0.39 is 11.6 Å². The van der Waals surface area contributed by atoms with Crippen LogP contribution in [0.2, 0.25) is 0 Å². The van der Waals surface area contributed by atoms with Crippen LogP contribution < -0.4 is 4.90 Å². The molecule has 1 aromatic carbocycles. The fraction of sp³-hybridized carbons (Fsp3) is 0.476. The fourth-order valence-electron chi connectivity index (χ4n) is 3.96. The predicted molar refractivity (Wildman–Crippen MR) is 106 cm³/mol. The minimum absolute atomic E-state index is 0.0277. The van der Waals surface area contributed by atoms with E-state index in [0.29, 0.717) is 5.69 Å². The average molecular weight is 382 g/mol. The zero-order valence-electron chi connectivity index (χ0n) is 16.8. The van der Waals surface area contributed by atoms with Crippen molar-refractivity contribution in [2.75, 3.05) is 18.0 Å². The van der Waals surface area contributed by atoms with Crippen LogP contribution in [0, 0.1) is 0 Å². The number of carbonyl (C=O) groups is 2. The highest BCUT2D eigenvalue weighted by molar-refractivity contribution is 5.98. The van der Waals surface area contributed by atoms with E-state index in [1.807, 2.05) is 61.4 Å². The van der Waals surface area contributed by atoms with Gasteiger partial charge in [-0.25, -0.2) is 14.6 Å². The first kappa shape index (κ1) is 18.5. The van der Waals surface area contributed by atoms with E-state index in [2.05, 4.69) is 4.98 Å². The number of imidazole rings is 1. The van der Waals surface area contributed by atoms with Gasteiger partial charge in [0, 0.05) is 13.1 Å². The van der Waals surface area contributed by atoms with Crippen LogP contribution in [-0.4, -0.2) is 45.1 Å². The summed E-state index contributed by atoms with van der Waals surface area (Å²) in [7, 11) is 0. The molecule has 0 spiro atoms. The number of rotatable bonds is 1. The molecule has 0 saturated carbocycles. The van der Waals surface area contributed by atoms with Crippen LogP contribution in [0.1, 0.15) is 62.8 Å². The number of esters is 1. The zero-order valence-corrected chi connectivity index (χ0v) is 16.8. The molecule has 0 radical (unpaired) electrons. The highest BCUT2D eigenvalue weighted by Gasteiger charge is 2.39. The summed E-state index contributed by atoms with van der Waals surface area (Å²) in [6.07, 6.45) is 3.69. The molecule has 7 nitrogen and oxygen atoms in total. The molecule has 0 N–H and O–H groups in total. The molecule has 3 heterocycles. The number of carbonyl (C=O) groups excluding carboxylic acids is 2. The Bertz CT molecular complexity index is 922. The van der Waals surface area contributed by atoms with Crippen LogP contribution in [0.15, 0.2) is 30.6 Å². The number of para-hydroxylation sites is 2. The Morgan fingerprint density at radius 1 is 1.11 bits per heavy atom. The van der Waals surface area contributed by atoms with Crippen LogP contribution in [0.5, 0.6) is 0 Å². The molecule has 28 heavy (non-hydrogen) atoms. The maximum atomic E-state index is 13.3. The molecule has 148 valence electrons. The van der Waals surface area contributed by atoms with Crippen molar-refractivity contribution in [2.24, 2.45) is 0 Å². The molecule has 2 amide bonds. The van der Waals surface area contributed by atoms with Crippen LogP contribution in [0.3, 0.4) is 0 Å². The van der Waals surface area contributed by atoms with E-state index in [-0.39, 0.29) is 17.8 Å². The van der Waals surface area contributed by atoms with Gasteiger partial charge in [0.25, 0.3) is 0 Å². The summed E-state index contributed by atoms with van der Waals surface area (Å²) in [5, 5.41) is 0. The molecule has 2 aliphatic rings. The second-order valence-electron chi connectivity index (χ2n) is 8.36. The lowest BCUT2D eigenvalue weighted by atomic mass is 10.1. The Hall–Kier alpha value is -2.83. The van der Waals surface area contributed by atoms with E-state index in [4.69, 9.17) is 4.74 Å². The standard InChI is InChI=1S/C21H26N4O3/c1-14-18-17(19(26)28-21(2,3)4)22-13-24(18)15-9-5-6-10-16(15)25(14)20(27)23-11-7-8-12-23/h5-6,9-10,13-14H,7-8,11-12H2,1-4H3/t14-/m0/s1. The molecule has 1 fully saturated rings. The van der Waals surface area contributed by atoms with E-state index in [0.717, 1.165) is 37.3 Å². The van der Waals surface area contributed by atoms with Gasteiger partial charge in [0.15, 0.2) is 5.69 Å². The number of aromatic nitrogens is 2. The van der Waals surface area contributed by atoms with Crippen molar-refractivity contribution in [3.63, 3.8) is 0 Å². The van der Waals surface area contributed by atoms with Crippen molar-refractivity contribution < 1.29 is 14.3 Å². The summed E-state index contributed by atoms with van der Waals surface area (Å²) in [5.41, 5.74) is 1.99. The number of benzene rings is 1. The summed E-state index contributed by atoms with van der Waals surface area (Å²) in [4.78, 5) is 34.1. The van der Waals surface area contributed by atoms with Gasteiger partial charge >= 0.3 is 12.0 Å². The topological polar surface area (TPSA) is 67.7 Å². The first-order valence-corrected chi connectivity index (χ1v) is 9.76. The first-order chi connectivity index (χ1) is 13.3. The Balaban J connectivity index is 1.80. The third-order valence-electron chi connectivity index (χ3n) is 5.16. The minimum Gasteiger partial charge on any atom is -0.455 e. The van der Waals surface area contributed by atoms with Crippen molar-refractivity contribution in [3.8, 4) is 5.69 Å². The first-order valence-electron chi connectivity index (χ1n) is 9.76.